The Bertz CT molecular complexity index is 548. The van der Waals surface area contributed by atoms with Gasteiger partial charge in [0.2, 0.25) is 0 Å². The van der Waals surface area contributed by atoms with Gasteiger partial charge >= 0.3 is 6.09 Å². The van der Waals surface area contributed by atoms with Gasteiger partial charge in [-0.05, 0) is 38.4 Å². The molecule has 1 fully saturated rings. The van der Waals surface area contributed by atoms with Gasteiger partial charge < -0.3 is 15.0 Å². The Morgan fingerprint density at radius 2 is 1.96 bits per heavy atom. The van der Waals surface area contributed by atoms with Crippen LogP contribution in [-0.2, 0) is 4.74 Å². The maximum absolute atomic E-state index is 11.3. The second kappa shape index (κ2) is 11.3. The third kappa shape index (κ3) is 6.72. The molecule has 1 amide bonds. The van der Waals surface area contributed by atoms with E-state index in [1.54, 1.807) is 0 Å². The van der Waals surface area contributed by atoms with Crippen LogP contribution in [0.15, 0.2) is 29.2 Å². The molecular formula is C20H33N3O2S. The Labute approximate surface area is 162 Å². The highest BCUT2D eigenvalue weighted by molar-refractivity contribution is 8.00. The second-order valence-electron chi connectivity index (χ2n) is 6.63. The largest absolute Gasteiger partial charge is 0.450 e. The predicted octanol–water partition coefficient (Wildman–Crippen LogP) is 3.84. The molecular weight excluding hydrogens is 346 g/mol. The lowest BCUT2D eigenvalue weighted by Crippen LogP contribution is -2.47. The van der Waals surface area contributed by atoms with Crippen molar-refractivity contribution in [2.45, 2.75) is 43.8 Å². The number of rotatable bonds is 9. The summed E-state index contributed by atoms with van der Waals surface area (Å²) in [6.07, 6.45) is 1.83. The van der Waals surface area contributed by atoms with Crippen molar-refractivity contribution in [1.82, 2.24) is 10.2 Å². The molecule has 1 aliphatic rings. The molecule has 6 heteroatoms. The molecule has 1 atom stereocenters. The van der Waals surface area contributed by atoms with Crippen molar-refractivity contribution >= 4 is 23.5 Å². The van der Waals surface area contributed by atoms with E-state index < -0.39 is 0 Å². The highest BCUT2D eigenvalue weighted by Gasteiger charge is 2.19. The van der Waals surface area contributed by atoms with Gasteiger partial charge in [-0.3, -0.25) is 4.90 Å². The molecule has 0 aromatic heterocycles. The summed E-state index contributed by atoms with van der Waals surface area (Å²) in [7, 11) is 0. The first-order chi connectivity index (χ1) is 12.6. The summed E-state index contributed by atoms with van der Waals surface area (Å²) >= 11 is 1.98. The van der Waals surface area contributed by atoms with Crippen LogP contribution in [0.25, 0.3) is 0 Å². The zero-order valence-electron chi connectivity index (χ0n) is 16.4. The van der Waals surface area contributed by atoms with Crippen molar-refractivity contribution < 1.29 is 9.53 Å². The molecule has 1 N–H and O–H groups in total. The van der Waals surface area contributed by atoms with Gasteiger partial charge in [-0.15, -0.1) is 11.8 Å². The van der Waals surface area contributed by atoms with Gasteiger partial charge in [0, 0.05) is 42.9 Å². The predicted molar refractivity (Wildman–Crippen MR) is 110 cm³/mol. The van der Waals surface area contributed by atoms with E-state index in [1.807, 2.05) is 18.7 Å². The monoisotopic (exact) mass is 379 g/mol. The fourth-order valence-corrected chi connectivity index (χ4v) is 4.08. The topological polar surface area (TPSA) is 44.8 Å². The molecule has 1 aromatic rings. The molecule has 0 radical (unpaired) electrons. The molecule has 5 nitrogen and oxygen atoms in total. The van der Waals surface area contributed by atoms with Crippen molar-refractivity contribution in [2.24, 2.45) is 0 Å². The summed E-state index contributed by atoms with van der Waals surface area (Å²) in [5.41, 5.74) is 1.38. The van der Waals surface area contributed by atoms with Crippen LogP contribution >= 0.6 is 11.8 Å². The van der Waals surface area contributed by atoms with Crippen molar-refractivity contribution in [3.8, 4) is 0 Å². The fourth-order valence-electron chi connectivity index (χ4n) is 3.01. The number of nitrogens with one attached hydrogen (secondary N) is 1. The molecule has 1 heterocycles. The first-order valence-electron chi connectivity index (χ1n) is 9.77. The summed E-state index contributed by atoms with van der Waals surface area (Å²) in [5.74, 6) is 0. The fraction of sp³-hybridized carbons (Fsp3) is 0.650. The van der Waals surface area contributed by atoms with E-state index in [0.717, 1.165) is 39.1 Å². The number of anilines is 1. The molecule has 1 aliphatic heterocycles. The average molecular weight is 380 g/mol. The molecule has 0 aliphatic carbocycles. The number of para-hydroxylation sites is 1. The van der Waals surface area contributed by atoms with E-state index >= 15 is 0 Å². The maximum Gasteiger partial charge on any atom is 0.407 e. The summed E-state index contributed by atoms with van der Waals surface area (Å²) in [6, 6.07) is 8.79. The standard InChI is InChI=1S/C20H33N3O2S/c1-4-17(3)26-19-10-7-6-9-18(19)23-15-13-22(14-16-23)12-8-11-21-20(24)25-5-2/h6-7,9-10,17H,4-5,8,11-16H2,1-3H3,(H,21,24)/t17-/m1/s1. The minimum absolute atomic E-state index is 0.312. The highest BCUT2D eigenvalue weighted by atomic mass is 32.2. The van der Waals surface area contributed by atoms with Gasteiger partial charge in [-0.1, -0.05) is 26.0 Å². The van der Waals surface area contributed by atoms with Crippen LogP contribution in [0.2, 0.25) is 0 Å². The number of thioether (sulfide) groups is 1. The lowest BCUT2D eigenvalue weighted by molar-refractivity contribution is 0.151. The zero-order chi connectivity index (χ0) is 18.8. The Hall–Kier alpha value is -1.40. The summed E-state index contributed by atoms with van der Waals surface area (Å²) in [4.78, 5) is 17.7. The number of benzene rings is 1. The highest BCUT2D eigenvalue weighted by Crippen LogP contribution is 2.34. The van der Waals surface area contributed by atoms with E-state index in [1.165, 1.54) is 17.0 Å². The van der Waals surface area contributed by atoms with Gasteiger partial charge in [-0.25, -0.2) is 4.79 Å². The van der Waals surface area contributed by atoms with Gasteiger partial charge in [0.05, 0.1) is 12.3 Å². The Morgan fingerprint density at radius 3 is 2.65 bits per heavy atom. The van der Waals surface area contributed by atoms with Crippen LogP contribution in [0.1, 0.15) is 33.6 Å². The lowest BCUT2D eigenvalue weighted by atomic mass is 10.2. The van der Waals surface area contributed by atoms with Crippen LogP contribution in [0.4, 0.5) is 10.5 Å². The lowest BCUT2D eigenvalue weighted by Gasteiger charge is -2.37. The first-order valence-corrected chi connectivity index (χ1v) is 10.7. The van der Waals surface area contributed by atoms with Crippen molar-refractivity contribution in [3.63, 3.8) is 0 Å². The molecule has 0 saturated carbocycles. The van der Waals surface area contributed by atoms with Gasteiger partial charge in [0.1, 0.15) is 0 Å². The molecule has 1 saturated heterocycles. The summed E-state index contributed by atoms with van der Waals surface area (Å²) in [5, 5.41) is 3.43. The Morgan fingerprint density at radius 1 is 1.23 bits per heavy atom. The molecule has 146 valence electrons. The van der Waals surface area contributed by atoms with E-state index in [4.69, 9.17) is 4.74 Å². The average Bonchev–Trinajstić information content (AvgIpc) is 2.66. The van der Waals surface area contributed by atoms with Crippen LogP contribution in [0.5, 0.6) is 0 Å². The summed E-state index contributed by atoms with van der Waals surface area (Å²) in [6.45, 7) is 12.7. The molecule has 0 unspecified atom stereocenters. The third-order valence-corrected chi connectivity index (χ3v) is 6.01. The minimum atomic E-state index is -0.312. The number of amides is 1. The van der Waals surface area contributed by atoms with Crippen molar-refractivity contribution in [2.75, 3.05) is 50.8 Å². The molecule has 2 rings (SSSR count). The molecule has 0 bridgehead atoms. The molecule has 26 heavy (non-hydrogen) atoms. The number of carbonyl (C=O) groups is 1. The Balaban J connectivity index is 1.75. The van der Waals surface area contributed by atoms with Gasteiger partial charge in [0.25, 0.3) is 0 Å². The second-order valence-corrected chi connectivity index (χ2v) is 8.11. The number of alkyl carbamates (subject to hydrolysis) is 1. The third-order valence-electron chi connectivity index (χ3n) is 4.68. The summed E-state index contributed by atoms with van der Waals surface area (Å²) < 4.78 is 4.87. The van der Waals surface area contributed by atoms with Crippen LogP contribution < -0.4 is 10.2 Å². The number of carbonyl (C=O) groups excluding carboxylic acids is 1. The van der Waals surface area contributed by atoms with E-state index in [2.05, 4.69) is 53.2 Å². The first kappa shape index (κ1) is 20.9. The molecule has 0 spiro atoms. The quantitative estimate of drug-likeness (QED) is 0.522. The van der Waals surface area contributed by atoms with E-state index in [9.17, 15) is 4.79 Å². The Kier molecular flexibility index (Phi) is 9.12. The minimum Gasteiger partial charge on any atom is -0.450 e. The van der Waals surface area contributed by atoms with Crippen LogP contribution in [0.3, 0.4) is 0 Å². The smallest absolute Gasteiger partial charge is 0.407 e. The van der Waals surface area contributed by atoms with E-state index in [-0.39, 0.29) is 6.09 Å². The van der Waals surface area contributed by atoms with Crippen molar-refractivity contribution in [1.29, 1.82) is 0 Å². The number of piperazine rings is 1. The number of hydrogen-bond acceptors (Lipinski definition) is 5. The van der Waals surface area contributed by atoms with Gasteiger partial charge in [-0.2, -0.15) is 0 Å². The zero-order valence-corrected chi connectivity index (χ0v) is 17.2. The van der Waals surface area contributed by atoms with Gasteiger partial charge in [0.15, 0.2) is 0 Å². The normalized spacial score (nSPS) is 16.3. The van der Waals surface area contributed by atoms with Crippen LogP contribution in [-0.4, -0.2) is 62.1 Å². The maximum atomic E-state index is 11.3. The SMILES string of the molecule is CCOC(=O)NCCCN1CCN(c2ccccc2S[C@H](C)CC)CC1. The number of nitrogens with zero attached hydrogens (tertiary/aromatic N) is 2. The van der Waals surface area contributed by atoms with Crippen molar-refractivity contribution in [3.05, 3.63) is 24.3 Å². The van der Waals surface area contributed by atoms with E-state index in [0.29, 0.717) is 18.4 Å². The number of hydrogen-bond donors (Lipinski definition) is 1. The molecule has 1 aromatic carbocycles. The van der Waals surface area contributed by atoms with Crippen LogP contribution in [0, 0.1) is 0 Å². The number of ether oxygens (including phenoxy) is 1.